The fourth-order valence-electron chi connectivity index (χ4n) is 7.63. The summed E-state index contributed by atoms with van der Waals surface area (Å²) in [5, 5.41) is 14.4. The number of hydrogen-bond donors (Lipinski definition) is 2. The minimum Gasteiger partial charge on any atom is -0.508 e. The zero-order chi connectivity index (χ0) is 32.5. The first kappa shape index (κ1) is 30.8. The van der Waals surface area contributed by atoms with Crippen molar-refractivity contribution in [3.63, 3.8) is 0 Å². The number of carbonyl (C=O) groups excluding carboxylic acids is 4. The molecular formula is C34H28BrCl2N3O6. The van der Waals surface area contributed by atoms with E-state index < -0.39 is 51.1 Å². The highest BCUT2D eigenvalue weighted by Crippen LogP contribution is 2.66. The number of carbonyl (C=O) groups is 4. The Morgan fingerprint density at radius 3 is 2.30 bits per heavy atom. The molecule has 2 N–H and O–H groups in total. The smallest absolute Gasteiger partial charge is 0.254 e. The molecule has 2 saturated heterocycles. The largest absolute Gasteiger partial charge is 0.508 e. The summed E-state index contributed by atoms with van der Waals surface area (Å²) in [6.45, 7) is 0. The van der Waals surface area contributed by atoms with Gasteiger partial charge in [-0.1, -0.05) is 45.8 Å². The van der Waals surface area contributed by atoms with Crippen LogP contribution in [0.4, 0.5) is 17.1 Å². The summed E-state index contributed by atoms with van der Waals surface area (Å²) in [5.41, 5.74) is 2.78. The number of rotatable bonds is 6. The molecule has 0 bridgehead atoms. The van der Waals surface area contributed by atoms with Crippen LogP contribution >= 0.6 is 39.1 Å². The number of fused-ring (bicyclic) bond motifs is 4. The van der Waals surface area contributed by atoms with Crippen molar-refractivity contribution in [1.29, 1.82) is 0 Å². The highest BCUT2D eigenvalue weighted by atomic mass is 79.9. The van der Waals surface area contributed by atoms with Crippen LogP contribution in [0.3, 0.4) is 0 Å². The Bertz CT molecular complexity index is 1820. The summed E-state index contributed by atoms with van der Waals surface area (Å²) in [7, 11) is 1.46. The third kappa shape index (κ3) is 4.26. The predicted octanol–water partition coefficient (Wildman–Crippen LogP) is 6.06. The number of aromatic hydroxyl groups is 1. The molecule has 46 heavy (non-hydrogen) atoms. The Morgan fingerprint density at radius 2 is 1.63 bits per heavy atom. The molecule has 6 unspecified atom stereocenters. The normalized spacial score (nSPS) is 30.1. The third-order valence-corrected chi connectivity index (χ3v) is 11.7. The number of anilines is 3. The van der Waals surface area contributed by atoms with Crippen molar-refractivity contribution in [2.75, 3.05) is 22.8 Å². The van der Waals surface area contributed by atoms with Crippen LogP contribution in [0.1, 0.15) is 24.3 Å². The van der Waals surface area contributed by atoms with E-state index in [1.807, 2.05) is 36.4 Å². The second-order valence-electron chi connectivity index (χ2n) is 12.0. The van der Waals surface area contributed by atoms with E-state index in [1.165, 1.54) is 18.1 Å². The van der Waals surface area contributed by atoms with Gasteiger partial charge in [0.25, 0.3) is 11.8 Å². The van der Waals surface area contributed by atoms with Crippen LogP contribution in [0.5, 0.6) is 11.5 Å². The zero-order valence-electron chi connectivity index (χ0n) is 24.5. The SMILES string of the molecule is COc1ccc(O)c(C2C3=CCC4C(=O)N(c5ccc(Nc6ccccc6)cc5)C(=O)C4C3CC3(Cl)C(=O)N(CBr)C(=O)C23Cl)c1. The molecule has 3 fully saturated rings. The van der Waals surface area contributed by atoms with Crippen LogP contribution in [-0.4, -0.2) is 55.9 Å². The molecule has 7 rings (SSSR count). The lowest BCUT2D eigenvalue weighted by Gasteiger charge is -2.50. The molecule has 6 atom stereocenters. The summed E-state index contributed by atoms with van der Waals surface area (Å²) in [6, 6.07) is 21.2. The number of imide groups is 2. The van der Waals surface area contributed by atoms with Crippen molar-refractivity contribution in [2.45, 2.75) is 28.5 Å². The standard InChI is InChI=1S/C34H28BrCl2N3O6/c1-46-21-11-14-26(41)24(15-21)28-22-12-13-23-27(25(22)16-33(36)31(44)39(17-35)32(45)34(28,33)37)30(43)40(29(23)42)20-9-7-19(8-10-20)38-18-5-3-2-4-6-18/h2-12,14-15,23,25,27-28,38,41H,13,16-17H2,1H3. The fourth-order valence-corrected chi connectivity index (χ4v) is 9.04. The van der Waals surface area contributed by atoms with Gasteiger partial charge in [0.2, 0.25) is 11.8 Å². The summed E-state index contributed by atoms with van der Waals surface area (Å²) in [4.78, 5) is 54.1. The van der Waals surface area contributed by atoms with Gasteiger partial charge >= 0.3 is 0 Å². The average Bonchev–Trinajstić information content (AvgIpc) is 3.40. The Kier molecular flexibility index (Phi) is 7.45. The minimum atomic E-state index is -2.02. The first-order chi connectivity index (χ1) is 22.0. The van der Waals surface area contributed by atoms with E-state index in [2.05, 4.69) is 21.2 Å². The number of alkyl halides is 3. The fraction of sp³-hybridized carbons (Fsp3) is 0.294. The van der Waals surface area contributed by atoms with E-state index in [-0.39, 0.29) is 35.5 Å². The molecule has 1 saturated carbocycles. The van der Waals surface area contributed by atoms with Gasteiger partial charge in [-0.05, 0) is 73.4 Å². The summed E-state index contributed by atoms with van der Waals surface area (Å²) >= 11 is 17.7. The molecule has 2 heterocycles. The van der Waals surface area contributed by atoms with Gasteiger partial charge in [-0.15, -0.1) is 23.2 Å². The van der Waals surface area contributed by atoms with E-state index >= 15 is 0 Å². The number of benzene rings is 3. The number of nitrogens with zero attached hydrogens (tertiary/aromatic N) is 2. The summed E-state index contributed by atoms with van der Waals surface area (Å²) in [5.74, 6) is -5.33. The van der Waals surface area contributed by atoms with E-state index in [0.29, 0.717) is 17.0 Å². The highest BCUT2D eigenvalue weighted by molar-refractivity contribution is 9.09. The molecule has 2 aliphatic carbocycles. The molecule has 3 aromatic carbocycles. The topological polar surface area (TPSA) is 116 Å². The molecule has 0 aromatic heterocycles. The molecular weight excluding hydrogens is 697 g/mol. The van der Waals surface area contributed by atoms with Gasteiger partial charge < -0.3 is 15.2 Å². The van der Waals surface area contributed by atoms with Crippen molar-refractivity contribution in [2.24, 2.45) is 17.8 Å². The van der Waals surface area contributed by atoms with Crippen LogP contribution in [0.2, 0.25) is 0 Å². The van der Waals surface area contributed by atoms with Crippen molar-refractivity contribution in [3.8, 4) is 11.5 Å². The maximum atomic E-state index is 14.3. The van der Waals surface area contributed by atoms with Crippen molar-refractivity contribution >= 4 is 79.8 Å². The third-order valence-electron chi connectivity index (χ3n) is 9.75. The highest BCUT2D eigenvalue weighted by Gasteiger charge is 2.76. The lowest BCUT2D eigenvalue weighted by Crippen LogP contribution is -2.60. The van der Waals surface area contributed by atoms with E-state index in [9.17, 15) is 24.3 Å². The zero-order valence-corrected chi connectivity index (χ0v) is 27.6. The lowest BCUT2D eigenvalue weighted by molar-refractivity contribution is -0.138. The maximum absolute atomic E-state index is 14.3. The van der Waals surface area contributed by atoms with Crippen LogP contribution in [0.25, 0.3) is 0 Å². The molecule has 4 amide bonds. The Labute approximate surface area is 283 Å². The first-order valence-corrected chi connectivity index (χ1v) is 16.6. The van der Waals surface area contributed by atoms with Gasteiger partial charge in [0, 0.05) is 22.9 Å². The number of methoxy groups -OCH3 is 1. The van der Waals surface area contributed by atoms with E-state index in [0.717, 1.165) is 16.3 Å². The van der Waals surface area contributed by atoms with Crippen LogP contribution in [0, 0.1) is 17.8 Å². The van der Waals surface area contributed by atoms with Gasteiger partial charge in [-0.2, -0.15) is 0 Å². The molecule has 2 aliphatic heterocycles. The Hall–Kier alpha value is -3.86. The van der Waals surface area contributed by atoms with Gasteiger partial charge in [0.15, 0.2) is 9.75 Å². The monoisotopic (exact) mass is 723 g/mol. The number of nitrogens with one attached hydrogen (secondary N) is 1. The molecule has 12 heteroatoms. The van der Waals surface area contributed by atoms with Gasteiger partial charge in [-0.3, -0.25) is 29.0 Å². The number of phenolic OH excluding ortho intramolecular Hbond substituents is 1. The van der Waals surface area contributed by atoms with Crippen molar-refractivity contribution in [1.82, 2.24) is 4.90 Å². The second-order valence-corrected chi connectivity index (χ2v) is 13.7. The van der Waals surface area contributed by atoms with Gasteiger partial charge in [0.1, 0.15) is 11.5 Å². The Balaban J connectivity index is 1.29. The number of amides is 4. The number of phenols is 1. The quantitative estimate of drug-likeness (QED) is 0.138. The van der Waals surface area contributed by atoms with Crippen molar-refractivity contribution in [3.05, 3.63) is 90.0 Å². The molecule has 3 aromatic rings. The van der Waals surface area contributed by atoms with Crippen LogP contribution in [0.15, 0.2) is 84.4 Å². The Morgan fingerprint density at radius 1 is 0.935 bits per heavy atom. The number of para-hydroxylation sites is 1. The number of ether oxygens (including phenoxy) is 1. The molecule has 9 nitrogen and oxygen atoms in total. The van der Waals surface area contributed by atoms with E-state index in [1.54, 1.807) is 36.4 Å². The summed E-state index contributed by atoms with van der Waals surface area (Å²) in [6.07, 6.45) is 1.89. The number of likely N-dealkylation sites (tertiary alicyclic amines) is 1. The number of hydrogen-bond acceptors (Lipinski definition) is 7. The predicted molar refractivity (Wildman–Crippen MR) is 177 cm³/mol. The lowest BCUT2D eigenvalue weighted by atomic mass is 9.56. The number of allylic oxidation sites excluding steroid dienone is 2. The number of halogens is 3. The van der Waals surface area contributed by atoms with Gasteiger partial charge in [0.05, 0.1) is 30.1 Å². The van der Waals surface area contributed by atoms with Crippen LogP contribution < -0.4 is 15.0 Å². The molecule has 0 radical (unpaired) electrons. The minimum absolute atomic E-state index is 0.138. The molecule has 0 spiro atoms. The first-order valence-electron chi connectivity index (χ1n) is 14.7. The van der Waals surface area contributed by atoms with Crippen molar-refractivity contribution < 1.29 is 29.0 Å². The molecule has 4 aliphatic rings. The second kappa shape index (κ2) is 11.1. The average molecular weight is 725 g/mol. The maximum Gasteiger partial charge on any atom is 0.254 e. The van der Waals surface area contributed by atoms with E-state index in [4.69, 9.17) is 27.9 Å². The molecule has 236 valence electrons. The summed E-state index contributed by atoms with van der Waals surface area (Å²) < 4.78 is 5.42. The van der Waals surface area contributed by atoms with Gasteiger partial charge in [-0.25, -0.2) is 0 Å². The van der Waals surface area contributed by atoms with Crippen LogP contribution in [-0.2, 0) is 19.2 Å².